The van der Waals surface area contributed by atoms with Gasteiger partial charge in [-0.1, -0.05) is 6.07 Å². The Morgan fingerprint density at radius 3 is 2.67 bits per heavy atom. The molecule has 1 amide bonds. The summed E-state index contributed by atoms with van der Waals surface area (Å²) in [6, 6.07) is 5.15. The Labute approximate surface area is 121 Å². The highest BCUT2D eigenvalue weighted by Crippen LogP contribution is 2.17. The molecule has 2 rings (SSSR count). The third-order valence-corrected chi connectivity index (χ3v) is 3.06. The maximum atomic E-state index is 12.0. The molecule has 0 saturated carbocycles. The van der Waals surface area contributed by atoms with E-state index in [4.69, 9.17) is 5.11 Å². The van der Waals surface area contributed by atoms with E-state index in [1.165, 1.54) is 30.9 Å². The van der Waals surface area contributed by atoms with Crippen LogP contribution >= 0.6 is 0 Å². The summed E-state index contributed by atoms with van der Waals surface area (Å²) >= 11 is 0. The molecule has 2 N–H and O–H groups in total. The number of aromatic nitrogens is 3. The third kappa shape index (κ3) is 3.07. The summed E-state index contributed by atoms with van der Waals surface area (Å²) in [4.78, 5) is 27.3. The maximum Gasteiger partial charge on any atom is 0.331 e. The number of carboxylic acid groups (broad SMARTS) is 1. The zero-order valence-corrected chi connectivity index (χ0v) is 12.0. The van der Waals surface area contributed by atoms with Crippen LogP contribution in [0.15, 0.2) is 30.6 Å². The van der Waals surface area contributed by atoms with Crippen LogP contribution in [0, 0.1) is 6.92 Å². The van der Waals surface area contributed by atoms with Gasteiger partial charge < -0.3 is 10.4 Å². The van der Waals surface area contributed by atoms with Crippen molar-refractivity contribution in [3.8, 4) is 0 Å². The Hall–Kier alpha value is -2.70. The topological polar surface area (TPSA) is 97.1 Å². The lowest BCUT2D eigenvalue weighted by atomic mass is 10.1. The number of hydrogen-bond donors (Lipinski definition) is 2. The van der Waals surface area contributed by atoms with Crippen LogP contribution in [-0.2, 0) is 10.3 Å². The second kappa shape index (κ2) is 5.35. The molecule has 0 bridgehead atoms. The summed E-state index contributed by atoms with van der Waals surface area (Å²) in [6.45, 7) is 4.84. The van der Waals surface area contributed by atoms with Crippen molar-refractivity contribution in [3.63, 3.8) is 0 Å². The smallest absolute Gasteiger partial charge is 0.331 e. The lowest BCUT2D eigenvalue weighted by Crippen LogP contribution is -2.35. The summed E-state index contributed by atoms with van der Waals surface area (Å²) in [5.41, 5.74) is 0.258. The van der Waals surface area contributed by atoms with Crippen LogP contribution in [0.1, 0.15) is 30.0 Å². The molecular weight excluding hydrogens is 272 g/mol. The first-order valence-electron chi connectivity index (χ1n) is 6.34. The van der Waals surface area contributed by atoms with E-state index in [9.17, 15) is 9.59 Å². The maximum absolute atomic E-state index is 12.0. The average molecular weight is 288 g/mol. The first-order chi connectivity index (χ1) is 9.80. The number of carboxylic acids is 1. The van der Waals surface area contributed by atoms with E-state index in [2.05, 4.69) is 15.4 Å². The first kappa shape index (κ1) is 14.7. The first-order valence-corrected chi connectivity index (χ1v) is 6.34. The number of nitrogens with zero attached hydrogens (tertiary/aromatic N) is 3. The number of aryl methyl sites for hydroxylation is 1. The van der Waals surface area contributed by atoms with Gasteiger partial charge >= 0.3 is 5.97 Å². The predicted octanol–water partition coefficient (Wildman–Crippen LogP) is 1.66. The number of pyridine rings is 1. The van der Waals surface area contributed by atoms with Gasteiger partial charge in [-0.2, -0.15) is 5.10 Å². The summed E-state index contributed by atoms with van der Waals surface area (Å²) in [6.07, 6.45) is 2.88. The van der Waals surface area contributed by atoms with Gasteiger partial charge in [0.05, 0.1) is 11.9 Å². The van der Waals surface area contributed by atoms with Gasteiger partial charge in [0.2, 0.25) is 0 Å². The molecule has 21 heavy (non-hydrogen) atoms. The average Bonchev–Trinajstić information content (AvgIpc) is 2.87. The molecule has 0 aromatic carbocycles. The number of hydrogen-bond acceptors (Lipinski definition) is 4. The highest BCUT2D eigenvalue weighted by Gasteiger charge is 2.30. The Morgan fingerprint density at radius 1 is 1.33 bits per heavy atom. The molecule has 0 radical (unpaired) electrons. The summed E-state index contributed by atoms with van der Waals surface area (Å²) in [7, 11) is 0. The van der Waals surface area contributed by atoms with Crippen molar-refractivity contribution in [1.29, 1.82) is 0 Å². The van der Waals surface area contributed by atoms with Crippen LogP contribution in [0.25, 0.3) is 0 Å². The Balaban J connectivity index is 2.16. The van der Waals surface area contributed by atoms with Crippen molar-refractivity contribution in [3.05, 3.63) is 42.0 Å². The SMILES string of the molecule is Cc1cccc(C(=O)Nc2cnn(C(C)(C)C(=O)O)c2)n1. The van der Waals surface area contributed by atoms with Crippen LogP contribution in [0.5, 0.6) is 0 Å². The molecule has 2 heterocycles. The second-order valence-electron chi connectivity index (χ2n) is 5.16. The van der Waals surface area contributed by atoms with Crippen LogP contribution in [0.3, 0.4) is 0 Å². The summed E-state index contributed by atoms with van der Waals surface area (Å²) < 4.78 is 1.29. The second-order valence-corrected chi connectivity index (χ2v) is 5.16. The predicted molar refractivity (Wildman–Crippen MR) is 76.1 cm³/mol. The van der Waals surface area contributed by atoms with Gasteiger partial charge in [0.25, 0.3) is 5.91 Å². The minimum absolute atomic E-state index is 0.292. The van der Waals surface area contributed by atoms with Gasteiger partial charge in [-0.05, 0) is 32.9 Å². The van der Waals surface area contributed by atoms with Gasteiger partial charge in [0, 0.05) is 11.9 Å². The molecule has 110 valence electrons. The number of aliphatic carboxylic acids is 1. The zero-order valence-electron chi connectivity index (χ0n) is 12.0. The van der Waals surface area contributed by atoms with E-state index in [0.717, 1.165) is 5.69 Å². The number of rotatable bonds is 4. The number of carbonyl (C=O) groups is 2. The Morgan fingerprint density at radius 2 is 2.05 bits per heavy atom. The molecule has 0 aliphatic rings. The Kier molecular flexibility index (Phi) is 3.75. The fraction of sp³-hybridized carbons (Fsp3) is 0.286. The third-order valence-electron chi connectivity index (χ3n) is 3.06. The van der Waals surface area contributed by atoms with Crippen LogP contribution in [0.4, 0.5) is 5.69 Å². The lowest BCUT2D eigenvalue weighted by Gasteiger charge is -2.19. The van der Waals surface area contributed by atoms with Crippen molar-refractivity contribution in [2.75, 3.05) is 5.32 Å². The molecule has 0 fully saturated rings. The van der Waals surface area contributed by atoms with E-state index >= 15 is 0 Å². The van der Waals surface area contributed by atoms with E-state index in [1.54, 1.807) is 25.1 Å². The molecule has 2 aromatic heterocycles. The van der Waals surface area contributed by atoms with E-state index in [0.29, 0.717) is 11.4 Å². The van der Waals surface area contributed by atoms with E-state index < -0.39 is 11.5 Å². The molecule has 2 aromatic rings. The highest BCUT2D eigenvalue weighted by atomic mass is 16.4. The minimum atomic E-state index is -1.19. The van der Waals surface area contributed by atoms with E-state index in [1.807, 2.05) is 0 Å². The van der Waals surface area contributed by atoms with E-state index in [-0.39, 0.29) is 5.91 Å². The summed E-state index contributed by atoms with van der Waals surface area (Å²) in [5, 5.41) is 15.7. The zero-order chi connectivity index (χ0) is 15.6. The number of nitrogens with one attached hydrogen (secondary N) is 1. The van der Waals surface area contributed by atoms with Gasteiger partial charge in [0.15, 0.2) is 5.54 Å². The molecule has 0 aliphatic carbocycles. The molecular formula is C14H16N4O3. The molecule has 7 nitrogen and oxygen atoms in total. The van der Waals surface area contributed by atoms with Crippen LogP contribution < -0.4 is 5.32 Å². The van der Waals surface area contributed by atoms with Gasteiger partial charge in [-0.25, -0.2) is 9.78 Å². The standard InChI is InChI=1S/C14H16N4O3/c1-9-5-4-6-11(16-9)12(19)17-10-7-15-18(8-10)14(2,3)13(20)21/h4-8H,1-3H3,(H,17,19)(H,20,21). The van der Waals surface area contributed by atoms with Crippen LogP contribution in [-0.4, -0.2) is 31.7 Å². The molecule has 0 spiro atoms. The molecule has 0 saturated heterocycles. The highest BCUT2D eigenvalue weighted by molar-refractivity contribution is 6.02. The number of anilines is 1. The monoisotopic (exact) mass is 288 g/mol. The largest absolute Gasteiger partial charge is 0.479 e. The van der Waals surface area contributed by atoms with Crippen molar-refractivity contribution in [1.82, 2.24) is 14.8 Å². The van der Waals surface area contributed by atoms with Gasteiger partial charge in [-0.15, -0.1) is 0 Å². The minimum Gasteiger partial charge on any atom is -0.479 e. The number of amides is 1. The summed E-state index contributed by atoms with van der Waals surface area (Å²) in [5.74, 6) is -1.38. The normalized spacial score (nSPS) is 11.2. The van der Waals surface area contributed by atoms with Crippen molar-refractivity contribution in [2.24, 2.45) is 0 Å². The molecule has 7 heteroatoms. The fourth-order valence-corrected chi connectivity index (χ4v) is 1.66. The van der Waals surface area contributed by atoms with Crippen LogP contribution in [0.2, 0.25) is 0 Å². The van der Waals surface area contributed by atoms with Crippen molar-refractivity contribution < 1.29 is 14.7 Å². The Bertz CT molecular complexity index is 691. The molecule has 0 atom stereocenters. The van der Waals surface area contributed by atoms with Gasteiger partial charge in [0.1, 0.15) is 5.69 Å². The fourth-order valence-electron chi connectivity index (χ4n) is 1.66. The van der Waals surface area contributed by atoms with Gasteiger partial charge in [-0.3, -0.25) is 9.48 Å². The molecule has 0 unspecified atom stereocenters. The van der Waals surface area contributed by atoms with Crippen molar-refractivity contribution in [2.45, 2.75) is 26.3 Å². The molecule has 0 aliphatic heterocycles. The number of carbonyl (C=O) groups excluding carboxylic acids is 1. The quantitative estimate of drug-likeness (QED) is 0.891. The lowest BCUT2D eigenvalue weighted by molar-refractivity contribution is -0.146. The van der Waals surface area contributed by atoms with Crippen molar-refractivity contribution >= 4 is 17.6 Å².